The van der Waals surface area contributed by atoms with E-state index in [9.17, 15) is 14.0 Å². The zero-order valence-corrected chi connectivity index (χ0v) is 10.6. The third-order valence-electron chi connectivity index (χ3n) is 2.77. The molecule has 0 unspecified atom stereocenters. The number of hydrogen-bond donors (Lipinski definition) is 1. The summed E-state index contributed by atoms with van der Waals surface area (Å²) in [6.07, 6.45) is 0. The minimum atomic E-state index is -1.59. The highest BCUT2D eigenvalue weighted by molar-refractivity contribution is 6.08. The van der Waals surface area contributed by atoms with Gasteiger partial charge < -0.3 is 10.0 Å². The molecule has 0 fully saturated rings. The first-order valence-electron chi connectivity index (χ1n) is 5.62. The number of carbonyl (C=O) groups is 2. The molecule has 0 saturated heterocycles. The average Bonchev–Trinajstić information content (AvgIpc) is 2.32. The first kappa shape index (κ1) is 14.2. The number of anilines is 1. The molecule has 18 heavy (non-hydrogen) atoms. The van der Waals surface area contributed by atoms with Crippen LogP contribution in [0.4, 0.5) is 10.1 Å². The molecule has 0 aliphatic heterocycles. The topological polar surface area (TPSA) is 57.6 Å². The molecule has 0 aromatic heterocycles. The zero-order valence-electron chi connectivity index (χ0n) is 10.6. The largest absolute Gasteiger partial charge is 0.480 e. The lowest BCUT2D eigenvalue weighted by atomic mass is 9.91. The van der Waals surface area contributed by atoms with Gasteiger partial charge in [-0.25, -0.2) is 4.39 Å². The Morgan fingerprint density at radius 1 is 1.33 bits per heavy atom. The maximum atomic E-state index is 13.6. The fraction of sp³-hybridized carbons (Fsp3) is 0.385. The van der Waals surface area contributed by atoms with Crippen LogP contribution in [0.25, 0.3) is 0 Å². The van der Waals surface area contributed by atoms with Crippen molar-refractivity contribution in [1.29, 1.82) is 0 Å². The second-order valence-corrected chi connectivity index (χ2v) is 4.43. The number of aliphatic carboxylic acids is 1. The summed E-state index contributed by atoms with van der Waals surface area (Å²) in [4.78, 5) is 24.4. The quantitative estimate of drug-likeness (QED) is 0.837. The lowest BCUT2D eigenvalue weighted by Gasteiger charge is -2.28. The van der Waals surface area contributed by atoms with Crippen LogP contribution in [0.1, 0.15) is 20.8 Å². The van der Waals surface area contributed by atoms with Crippen LogP contribution in [0.5, 0.6) is 0 Å². The monoisotopic (exact) mass is 253 g/mol. The maximum absolute atomic E-state index is 13.6. The smallest absolute Gasteiger partial charge is 0.318 e. The van der Waals surface area contributed by atoms with Crippen LogP contribution in [0.3, 0.4) is 0 Å². The van der Waals surface area contributed by atoms with E-state index in [1.807, 2.05) is 0 Å². The van der Waals surface area contributed by atoms with E-state index in [0.717, 1.165) is 4.90 Å². The first-order valence-corrected chi connectivity index (χ1v) is 5.62. The highest BCUT2D eigenvalue weighted by Crippen LogP contribution is 2.25. The number of hydrogen-bond acceptors (Lipinski definition) is 2. The van der Waals surface area contributed by atoms with E-state index in [2.05, 4.69) is 0 Å². The Kier molecular flexibility index (Phi) is 4.06. The summed E-state index contributed by atoms with van der Waals surface area (Å²) in [5, 5.41) is 9.03. The van der Waals surface area contributed by atoms with E-state index in [-0.39, 0.29) is 12.2 Å². The van der Waals surface area contributed by atoms with Gasteiger partial charge >= 0.3 is 5.97 Å². The number of benzene rings is 1. The predicted molar refractivity (Wildman–Crippen MR) is 65.8 cm³/mol. The highest BCUT2D eigenvalue weighted by Gasteiger charge is 2.39. The lowest BCUT2D eigenvalue weighted by Crippen LogP contribution is -2.45. The molecule has 0 saturated carbocycles. The van der Waals surface area contributed by atoms with Crippen molar-refractivity contribution in [3.05, 3.63) is 30.1 Å². The number of rotatable bonds is 4. The summed E-state index contributed by atoms with van der Waals surface area (Å²) in [5.74, 6) is -2.42. The van der Waals surface area contributed by atoms with Gasteiger partial charge in [-0.3, -0.25) is 9.59 Å². The molecule has 0 bridgehead atoms. The summed E-state index contributed by atoms with van der Waals surface area (Å²) in [6, 6.07) is 5.80. The summed E-state index contributed by atoms with van der Waals surface area (Å²) < 4.78 is 13.6. The van der Waals surface area contributed by atoms with Crippen molar-refractivity contribution in [1.82, 2.24) is 0 Å². The number of amides is 1. The molecular formula is C13H16FNO3. The highest BCUT2D eigenvalue weighted by atomic mass is 19.1. The van der Waals surface area contributed by atoms with Crippen LogP contribution in [0, 0.1) is 11.2 Å². The molecule has 0 heterocycles. The van der Waals surface area contributed by atoms with Gasteiger partial charge in [-0.05, 0) is 32.9 Å². The fourth-order valence-corrected chi connectivity index (χ4v) is 1.52. The SMILES string of the molecule is CCN(C(=O)C(C)(C)C(=O)O)c1ccccc1F. The van der Waals surface area contributed by atoms with E-state index in [4.69, 9.17) is 5.11 Å². The third kappa shape index (κ3) is 2.50. The van der Waals surface area contributed by atoms with Crippen molar-refractivity contribution in [2.75, 3.05) is 11.4 Å². The average molecular weight is 253 g/mol. The minimum absolute atomic E-state index is 0.0966. The van der Waals surface area contributed by atoms with E-state index >= 15 is 0 Å². The van der Waals surface area contributed by atoms with Crippen LogP contribution in [0.2, 0.25) is 0 Å². The van der Waals surface area contributed by atoms with Gasteiger partial charge in [0.2, 0.25) is 5.91 Å². The van der Waals surface area contributed by atoms with Crippen molar-refractivity contribution in [2.24, 2.45) is 5.41 Å². The van der Waals surface area contributed by atoms with Gasteiger partial charge in [-0.1, -0.05) is 12.1 Å². The van der Waals surface area contributed by atoms with Crippen molar-refractivity contribution < 1.29 is 19.1 Å². The molecule has 1 aromatic rings. The van der Waals surface area contributed by atoms with Crippen LogP contribution in [-0.4, -0.2) is 23.5 Å². The molecule has 0 radical (unpaired) electrons. The Morgan fingerprint density at radius 3 is 2.33 bits per heavy atom. The molecule has 1 amide bonds. The minimum Gasteiger partial charge on any atom is -0.480 e. The zero-order chi connectivity index (χ0) is 13.9. The first-order chi connectivity index (χ1) is 8.32. The van der Waals surface area contributed by atoms with Gasteiger partial charge in [0.05, 0.1) is 5.69 Å². The summed E-state index contributed by atoms with van der Waals surface area (Å²) in [5.41, 5.74) is -1.49. The van der Waals surface area contributed by atoms with E-state index < -0.39 is 23.1 Å². The maximum Gasteiger partial charge on any atom is 0.318 e. The number of nitrogens with zero attached hydrogens (tertiary/aromatic N) is 1. The summed E-state index contributed by atoms with van der Waals surface area (Å²) in [6.45, 7) is 4.49. The van der Waals surface area contributed by atoms with Crippen LogP contribution in [-0.2, 0) is 9.59 Å². The standard InChI is InChI=1S/C13H16FNO3/c1-4-15(10-8-6-5-7-9(10)14)11(16)13(2,3)12(17)18/h5-8H,4H2,1-3H3,(H,17,18). The van der Waals surface area contributed by atoms with Gasteiger partial charge in [0.1, 0.15) is 11.2 Å². The predicted octanol–water partition coefficient (Wildman–Crippen LogP) is 2.29. The van der Waals surface area contributed by atoms with Crippen LogP contribution >= 0.6 is 0 Å². The van der Waals surface area contributed by atoms with Gasteiger partial charge in [0, 0.05) is 6.54 Å². The Hall–Kier alpha value is -1.91. The fourth-order valence-electron chi connectivity index (χ4n) is 1.52. The van der Waals surface area contributed by atoms with E-state index in [1.165, 1.54) is 32.0 Å². The molecule has 0 aliphatic rings. The van der Waals surface area contributed by atoms with Gasteiger partial charge in [-0.2, -0.15) is 0 Å². The molecule has 1 rings (SSSR count). The van der Waals surface area contributed by atoms with E-state index in [0.29, 0.717) is 0 Å². The molecule has 0 atom stereocenters. The third-order valence-corrected chi connectivity index (χ3v) is 2.77. The Labute approximate surface area is 105 Å². The normalized spacial score (nSPS) is 11.1. The van der Waals surface area contributed by atoms with E-state index in [1.54, 1.807) is 13.0 Å². The van der Waals surface area contributed by atoms with Crippen LogP contribution in [0.15, 0.2) is 24.3 Å². The number of carboxylic acid groups (broad SMARTS) is 1. The number of para-hydroxylation sites is 1. The molecular weight excluding hydrogens is 237 g/mol. The lowest BCUT2D eigenvalue weighted by molar-refractivity contribution is -0.152. The number of halogens is 1. The van der Waals surface area contributed by atoms with Crippen molar-refractivity contribution in [3.8, 4) is 0 Å². The second kappa shape index (κ2) is 5.16. The van der Waals surface area contributed by atoms with Gasteiger partial charge in [0.15, 0.2) is 0 Å². The Balaban J connectivity index is 3.17. The molecule has 4 nitrogen and oxygen atoms in total. The molecule has 1 aromatic carbocycles. The van der Waals surface area contributed by atoms with Gasteiger partial charge in [0.25, 0.3) is 0 Å². The molecule has 0 spiro atoms. The number of carbonyl (C=O) groups excluding carboxylic acids is 1. The van der Waals surface area contributed by atoms with Crippen LogP contribution < -0.4 is 4.90 Å². The van der Waals surface area contributed by atoms with Gasteiger partial charge in [-0.15, -0.1) is 0 Å². The molecule has 0 aliphatic carbocycles. The summed E-state index contributed by atoms with van der Waals surface area (Å²) in [7, 11) is 0. The number of carboxylic acids is 1. The van der Waals surface area contributed by atoms with Crippen molar-refractivity contribution in [3.63, 3.8) is 0 Å². The molecule has 5 heteroatoms. The second-order valence-electron chi connectivity index (χ2n) is 4.43. The molecule has 1 N–H and O–H groups in total. The Bertz CT molecular complexity index is 471. The van der Waals surface area contributed by atoms with Crippen molar-refractivity contribution >= 4 is 17.6 Å². The Morgan fingerprint density at radius 2 is 1.89 bits per heavy atom. The van der Waals surface area contributed by atoms with Crippen molar-refractivity contribution in [2.45, 2.75) is 20.8 Å². The molecule has 98 valence electrons. The summed E-state index contributed by atoms with van der Waals surface area (Å²) >= 11 is 0.